The Balaban J connectivity index is 1.16. The lowest BCUT2D eigenvalue weighted by molar-refractivity contribution is 0.660. The smallest absolute Gasteiger partial charge is 0.0562 e. The van der Waals surface area contributed by atoms with E-state index in [1.165, 1.54) is 76.6 Å². The number of benzene rings is 9. The van der Waals surface area contributed by atoms with Crippen LogP contribution < -0.4 is 4.90 Å². The van der Waals surface area contributed by atoms with Crippen LogP contribution in [0.1, 0.15) is 25.0 Å². The molecule has 58 heavy (non-hydrogen) atoms. The molecule has 1 aliphatic carbocycles. The van der Waals surface area contributed by atoms with Gasteiger partial charge in [0.15, 0.2) is 0 Å². The number of para-hydroxylation sites is 3. The lowest BCUT2D eigenvalue weighted by atomic mass is 9.82. The van der Waals surface area contributed by atoms with E-state index in [1.54, 1.807) is 0 Å². The fraction of sp³-hybridized carbons (Fsp3) is 0.0545. The van der Waals surface area contributed by atoms with Crippen molar-refractivity contribution in [3.05, 3.63) is 211 Å². The fourth-order valence-electron chi connectivity index (χ4n) is 9.99. The Morgan fingerprint density at radius 2 is 1.00 bits per heavy atom. The fourth-order valence-corrected chi connectivity index (χ4v) is 9.99. The summed E-state index contributed by atoms with van der Waals surface area (Å²) in [4.78, 5) is 2.51. The van der Waals surface area contributed by atoms with Crippen molar-refractivity contribution in [3.63, 3.8) is 0 Å². The lowest BCUT2D eigenvalue weighted by Gasteiger charge is -2.29. The van der Waals surface area contributed by atoms with Crippen molar-refractivity contribution in [3.8, 4) is 22.5 Å². The summed E-state index contributed by atoms with van der Waals surface area (Å²) < 4.78 is 4.86. The first kappa shape index (κ1) is 32.8. The SMILES string of the molecule is CC1(C)c2ccccc2-c2ccc(N(c3ccc4c5ccccc5n(-c5ccc6ccccc6c5)c4c3)c3cccc4c3c3ccccc3n4-c3ccccc3)cc21. The highest BCUT2D eigenvalue weighted by atomic mass is 15.2. The van der Waals surface area contributed by atoms with Crippen LogP contribution in [0.4, 0.5) is 17.1 Å². The van der Waals surface area contributed by atoms with E-state index in [1.807, 2.05) is 0 Å². The average Bonchev–Trinajstić information content (AvgIpc) is 3.87. The molecular formula is C55H39N3. The molecule has 1 aliphatic rings. The van der Waals surface area contributed by atoms with Crippen LogP contribution >= 0.6 is 0 Å². The maximum Gasteiger partial charge on any atom is 0.0562 e. The molecule has 0 atom stereocenters. The van der Waals surface area contributed by atoms with E-state index in [9.17, 15) is 0 Å². The van der Waals surface area contributed by atoms with Gasteiger partial charge in [0.1, 0.15) is 0 Å². The van der Waals surface area contributed by atoms with Gasteiger partial charge in [0.25, 0.3) is 0 Å². The molecule has 3 nitrogen and oxygen atoms in total. The highest BCUT2D eigenvalue weighted by Gasteiger charge is 2.36. The third-order valence-corrected chi connectivity index (χ3v) is 12.7. The predicted molar refractivity (Wildman–Crippen MR) is 245 cm³/mol. The maximum atomic E-state index is 2.51. The van der Waals surface area contributed by atoms with Gasteiger partial charge in [-0.15, -0.1) is 0 Å². The Hall–Kier alpha value is -7.36. The van der Waals surface area contributed by atoms with E-state index >= 15 is 0 Å². The van der Waals surface area contributed by atoms with Crippen molar-refractivity contribution in [1.82, 2.24) is 9.13 Å². The molecule has 0 bridgehead atoms. The van der Waals surface area contributed by atoms with Gasteiger partial charge in [-0.25, -0.2) is 0 Å². The normalized spacial score (nSPS) is 13.1. The number of nitrogens with zero attached hydrogens (tertiary/aromatic N) is 3. The molecule has 2 aromatic heterocycles. The second-order valence-corrected chi connectivity index (χ2v) is 16.2. The highest BCUT2D eigenvalue weighted by Crippen LogP contribution is 2.52. The van der Waals surface area contributed by atoms with Crippen molar-refractivity contribution in [2.45, 2.75) is 19.3 Å². The summed E-state index contributed by atoms with van der Waals surface area (Å²) in [5.41, 5.74) is 15.6. The summed E-state index contributed by atoms with van der Waals surface area (Å²) in [6.07, 6.45) is 0. The zero-order chi connectivity index (χ0) is 38.5. The largest absolute Gasteiger partial charge is 0.310 e. The third kappa shape index (κ3) is 4.68. The Morgan fingerprint density at radius 1 is 0.379 bits per heavy atom. The van der Waals surface area contributed by atoms with Crippen LogP contribution in [-0.4, -0.2) is 9.13 Å². The summed E-state index contributed by atoms with van der Waals surface area (Å²) in [5, 5.41) is 7.39. The molecule has 0 aliphatic heterocycles. The minimum absolute atomic E-state index is 0.143. The second kappa shape index (κ2) is 12.3. The van der Waals surface area contributed by atoms with Crippen LogP contribution in [0.3, 0.4) is 0 Å². The van der Waals surface area contributed by atoms with Crippen molar-refractivity contribution < 1.29 is 0 Å². The van der Waals surface area contributed by atoms with Gasteiger partial charge >= 0.3 is 0 Å². The molecule has 3 heteroatoms. The van der Waals surface area contributed by atoms with Gasteiger partial charge in [-0.1, -0.05) is 141 Å². The van der Waals surface area contributed by atoms with Crippen LogP contribution in [0, 0.1) is 0 Å². The molecule has 9 aromatic carbocycles. The number of anilines is 3. The first-order valence-electron chi connectivity index (χ1n) is 20.2. The van der Waals surface area contributed by atoms with Crippen LogP contribution in [-0.2, 0) is 5.41 Å². The molecular weight excluding hydrogens is 703 g/mol. The minimum Gasteiger partial charge on any atom is -0.310 e. The zero-order valence-electron chi connectivity index (χ0n) is 32.4. The molecule has 0 unspecified atom stereocenters. The van der Waals surface area contributed by atoms with Crippen molar-refractivity contribution in [2.24, 2.45) is 0 Å². The van der Waals surface area contributed by atoms with Gasteiger partial charge in [-0.3, -0.25) is 0 Å². The quantitative estimate of drug-likeness (QED) is 0.171. The summed E-state index contributed by atoms with van der Waals surface area (Å²) in [6.45, 7) is 4.74. The number of fused-ring (bicyclic) bond motifs is 10. The van der Waals surface area contributed by atoms with Crippen LogP contribution in [0.15, 0.2) is 200 Å². The molecule has 0 radical (unpaired) electrons. The first-order valence-corrected chi connectivity index (χ1v) is 20.2. The number of hydrogen-bond donors (Lipinski definition) is 0. The molecule has 274 valence electrons. The molecule has 11 aromatic rings. The van der Waals surface area contributed by atoms with Crippen LogP contribution in [0.2, 0.25) is 0 Å². The minimum atomic E-state index is -0.143. The third-order valence-electron chi connectivity index (χ3n) is 12.7. The molecule has 0 fully saturated rings. The van der Waals surface area contributed by atoms with Crippen LogP contribution in [0.25, 0.3) is 76.9 Å². The summed E-state index contributed by atoms with van der Waals surface area (Å²) in [5.74, 6) is 0. The van der Waals surface area contributed by atoms with Gasteiger partial charge in [-0.05, 0) is 106 Å². The van der Waals surface area contributed by atoms with Gasteiger partial charge in [0, 0.05) is 49.7 Å². The zero-order valence-corrected chi connectivity index (χ0v) is 32.4. The number of hydrogen-bond acceptors (Lipinski definition) is 1. The Labute approximate surface area is 337 Å². The lowest BCUT2D eigenvalue weighted by Crippen LogP contribution is -2.16. The maximum absolute atomic E-state index is 2.51. The number of aromatic nitrogens is 2. The summed E-state index contributed by atoms with van der Waals surface area (Å²) in [7, 11) is 0. The summed E-state index contributed by atoms with van der Waals surface area (Å²) >= 11 is 0. The standard InChI is InChI=1S/C55H39N3/c1-55(2)47-22-11-8-19-42(47)43-31-29-40(34-48(43)55)56(51-25-14-26-52-54(51)46-21-10-13-24-50(46)57(52)38-17-4-3-5-18-38)41-30-32-45-44-20-9-12-23-49(44)58(53(45)35-41)39-28-27-36-15-6-7-16-37(36)33-39/h3-35H,1-2H3. The van der Waals surface area contributed by atoms with Gasteiger partial charge in [0.2, 0.25) is 0 Å². The molecule has 0 amide bonds. The number of rotatable bonds is 5. The first-order chi connectivity index (χ1) is 28.5. The van der Waals surface area contributed by atoms with E-state index in [-0.39, 0.29) is 5.41 Å². The molecule has 0 spiro atoms. The molecule has 0 saturated heterocycles. The van der Waals surface area contributed by atoms with Crippen LogP contribution in [0.5, 0.6) is 0 Å². The van der Waals surface area contributed by atoms with E-state index in [0.29, 0.717) is 0 Å². The molecule has 12 rings (SSSR count). The predicted octanol–water partition coefficient (Wildman–Crippen LogP) is 14.8. The van der Waals surface area contributed by atoms with E-state index in [0.717, 1.165) is 28.4 Å². The van der Waals surface area contributed by atoms with E-state index in [2.05, 4.69) is 228 Å². The monoisotopic (exact) mass is 741 g/mol. The highest BCUT2D eigenvalue weighted by molar-refractivity contribution is 6.17. The van der Waals surface area contributed by atoms with Gasteiger partial charge < -0.3 is 14.0 Å². The Bertz CT molecular complexity index is 3440. The van der Waals surface area contributed by atoms with E-state index in [4.69, 9.17) is 0 Å². The Morgan fingerprint density at radius 3 is 1.86 bits per heavy atom. The van der Waals surface area contributed by atoms with Gasteiger partial charge in [0.05, 0.1) is 27.8 Å². The Kier molecular flexibility index (Phi) is 6.98. The molecule has 2 heterocycles. The molecule has 0 N–H and O–H groups in total. The van der Waals surface area contributed by atoms with Crippen molar-refractivity contribution in [2.75, 3.05) is 4.90 Å². The summed E-state index contributed by atoms with van der Waals surface area (Å²) in [6, 6.07) is 73.8. The molecule has 0 saturated carbocycles. The van der Waals surface area contributed by atoms with Gasteiger partial charge in [-0.2, -0.15) is 0 Å². The van der Waals surface area contributed by atoms with Crippen molar-refractivity contribution in [1.29, 1.82) is 0 Å². The average molecular weight is 742 g/mol. The topological polar surface area (TPSA) is 13.1 Å². The van der Waals surface area contributed by atoms with Crippen molar-refractivity contribution >= 4 is 71.4 Å². The van der Waals surface area contributed by atoms with E-state index < -0.39 is 0 Å². The second-order valence-electron chi connectivity index (χ2n) is 16.2.